The second-order valence-corrected chi connectivity index (χ2v) is 6.32. The minimum absolute atomic E-state index is 0.00292. The minimum Gasteiger partial charge on any atom is -0.300 e. The number of hydrogen-bond donors (Lipinski definition) is 1. The molecule has 4 atom stereocenters. The highest BCUT2D eigenvalue weighted by molar-refractivity contribution is 5.75. The number of hydrogen-bond acceptors (Lipinski definition) is 4. The summed E-state index contributed by atoms with van der Waals surface area (Å²) in [6.45, 7) is 7.70. The SMILES string of the molecule is CC(=O)CC[C@H]1[C@H](C)CCC(C(C)C)[C@]1(C=O)OO. The van der Waals surface area contributed by atoms with E-state index >= 15 is 0 Å². The smallest absolute Gasteiger partial charge is 0.164 e. The second kappa shape index (κ2) is 6.62. The van der Waals surface area contributed by atoms with E-state index in [4.69, 9.17) is 4.89 Å². The first-order valence-electron chi connectivity index (χ1n) is 7.17. The van der Waals surface area contributed by atoms with E-state index in [1.54, 1.807) is 6.92 Å². The topological polar surface area (TPSA) is 63.6 Å². The molecule has 1 saturated carbocycles. The Morgan fingerprint density at radius 2 is 2.11 bits per heavy atom. The van der Waals surface area contributed by atoms with Crippen molar-refractivity contribution in [2.45, 2.75) is 59.0 Å². The highest BCUT2D eigenvalue weighted by Gasteiger charge is 2.53. The number of aldehydes is 1. The Labute approximate surface area is 115 Å². The molecule has 0 aliphatic heterocycles. The van der Waals surface area contributed by atoms with Crippen molar-refractivity contribution in [3.8, 4) is 0 Å². The number of ketones is 1. The maximum absolute atomic E-state index is 11.7. The number of carbonyl (C=O) groups excluding carboxylic acids is 2. The molecule has 0 spiro atoms. The molecule has 0 saturated heterocycles. The minimum atomic E-state index is -1.15. The fraction of sp³-hybridized carbons (Fsp3) is 0.867. The number of carbonyl (C=O) groups is 2. The monoisotopic (exact) mass is 270 g/mol. The average molecular weight is 270 g/mol. The van der Waals surface area contributed by atoms with Crippen LogP contribution in [0.3, 0.4) is 0 Å². The van der Waals surface area contributed by atoms with E-state index in [0.717, 1.165) is 19.1 Å². The Balaban J connectivity index is 3.04. The summed E-state index contributed by atoms with van der Waals surface area (Å²) in [6, 6.07) is 0. The third-order valence-corrected chi connectivity index (χ3v) is 4.73. The summed E-state index contributed by atoms with van der Waals surface area (Å²) in [5, 5.41) is 9.40. The first-order chi connectivity index (χ1) is 8.89. The van der Waals surface area contributed by atoms with Gasteiger partial charge in [0.1, 0.15) is 5.78 Å². The highest BCUT2D eigenvalue weighted by Crippen LogP contribution is 2.47. The highest BCUT2D eigenvalue weighted by atomic mass is 17.1. The van der Waals surface area contributed by atoms with Crippen molar-refractivity contribution in [2.75, 3.05) is 0 Å². The molecule has 1 aliphatic carbocycles. The molecule has 1 fully saturated rings. The van der Waals surface area contributed by atoms with Gasteiger partial charge in [0.15, 0.2) is 11.9 Å². The average Bonchev–Trinajstić information content (AvgIpc) is 2.35. The second-order valence-electron chi connectivity index (χ2n) is 6.32. The summed E-state index contributed by atoms with van der Waals surface area (Å²) >= 11 is 0. The maximum atomic E-state index is 11.7. The molecule has 1 aliphatic rings. The van der Waals surface area contributed by atoms with Crippen LogP contribution in [0.5, 0.6) is 0 Å². The van der Waals surface area contributed by atoms with E-state index in [9.17, 15) is 14.8 Å². The molecule has 0 aromatic heterocycles. The lowest BCUT2D eigenvalue weighted by Gasteiger charge is -2.48. The van der Waals surface area contributed by atoms with Crippen LogP contribution in [0, 0.1) is 23.7 Å². The Bertz CT molecular complexity index is 326. The number of Topliss-reactive ketones (excluding diaryl/α,β-unsaturated/α-hetero) is 1. The van der Waals surface area contributed by atoms with Crippen LogP contribution in [0.4, 0.5) is 0 Å². The summed E-state index contributed by atoms with van der Waals surface area (Å²) < 4.78 is 0. The van der Waals surface area contributed by atoms with Gasteiger partial charge in [-0.15, -0.1) is 0 Å². The van der Waals surface area contributed by atoms with Crippen molar-refractivity contribution in [3.63, 3.8) is 0 Å². The molecular weight excluding hydrogens is 244 g/mol. The van der Waals surface area contributed by atoms with Gasteiger partial charge in [-0.2, -0.15) is 0 Å². The van der Waals surface area contributed by atoms with Gasteiger partial charge in [0.2, 0.25) is 0 Å². The van der Waals surface area contributed by atoms with Gasteiger partial charge >= 0.3 is 0 Å². The van der Waals surface area contributed by atoms with Gasteiger partial charge in [0.25, 0.3) is 0 Å². The van der Waals surface area contributed by atoms with Crippen molar-refractivity contribution in [1.82, 2.24) is 0 Å². The Morgan fingerprint density at radius 3 is 2.53 bits per heavy atom. The van der Waals surface area contributed by atoms with Crippen LogP contribution in [0.25, 0.3) is 0 Å². The molecule has 1 unspecified atom stereocenters. The van der Waals surface area contributed by atoms with Crippen LogP contribution in [0.15, 0.2) is 0 Å². The van der Waals surface area contributed by atoms with Crippen LogP contribution in [-0.4, -0.2) is 22.9 Å². The summed E-state index contributed by atoms with van der Waals surface area (Å²) in [4.78, 5) is 27.6. The normalized spacial score (nSPS) is 35.4. The fourth-order valence-corrected chi connectivity index (χ4v) is 3.64. The first-order valence-corrected chi connectivity index (χ1v) is 7.17. The fourth-order valence-electron chi connectivity index (χ4n) is 3.64. The molecule has 0 aromatic carbocycles. The summed E-state index contributed by atoms with van der Waals surface area (Å²) in [6.07, 6.45) is 3.66. The molecule has 0 bridgehead atoms. The zero-order valence-corrected chi connectivity index (χ0v) is 12.4. The van der Waals surface area contributed by atoms with E-state index in [1.807, 2.05) is 13.8 Å². The van der Waals surface area contributed by atoms with Crippen molar-refractivity contribution in [2.24, 2.45) is 23.7 Å². The van der Waals surface area contributed by atoms with Gasteiger partial charge < -0.3 is 4.79 Å². The van der Waals surface area contributed by atoms with E-state index in [0.29, 0.717) is 12.8 Å². The lowest BCUT2D eigenvalue weighted by molar-refractivity contribution is -0.347. The zero-order chi connectivity index (χ0) is 14.6. The van der Waals surface area contributed by atoms with Crippen molar-refractivity contribution >= 4 is 12.1 Å². The van der Waals surface area contributed by atoms with Gasteiger partial charge in [-0.3, -0.25) is 10.1 Å². The van der Waals surface area contributed by atoms with E-state index in [-0.39, 0.29) is 29.5 Å². The van der Waals surface area contributed by atoms with Crippen molar-refractivity contribution < 1.29 is 19.7 Å². The van der Waals surface area contributed by atoms with Gasteiger partial charge in [0, 0.05) is 18.3 Å². The standard InChI is InChI=1S/C15H26O4/c1-10(2)13-7-5-11(3)14(8-6-12(4)17)15(13,9-16)19-18/h9-11,13-14,18H,5-8H2,1-4H3/t11-,13?,14+,15+/m1/s1. The largest absolute Gasteiger partial charge is 0.300 e. The zero-order valence-electron chi connectivity index (χ0n) is 12.4. The molecule has 0 aromatic rings. The molecule has 1 N–H and O–H groups in total. The Hall–Kier alpha value is -0.740. The van der Waals surface area contributed by atoms with Gasteiger partial charge in [-0.05, 0) is 38.0 Å². The quantitative estimate of drug-likeness (QED) is 0.457. The maximum Gasteiger partial charge on any atom is 0.164 e. The summed E-state index contributed by atoms with van der Waals surface area (Å²) in [5.41, 5.74) is -1.15. The molecule has 4 heteroatoms. The van der Waals surface area contributed by atoms with Crippen LogP contribution in [-0.2, 0) is 14.5 Å². The lowest BCUT2D eigenvalue weighted by Crippen LogP contribution is -2.55. The molecule has 19 heavy (non-hydrogen) atoms. The van der Waals surface area contributed by atoms with Crippen LogP contribution in [0.2, 0.25) is 0 Å². The van der Waals surface area contributed by atoms with Crippen LogP contribution < -0.4 is 0 Å². The van der Waals surface area contributed by atoms with E-state index in [1.165, 1.54) is 0 Å². The molecule has 0 amide bonds. The molecule has 110 valence electrons. The predicted octanol–water partition coefficient (Wildman–Crippen LogP) is 3.10. The lowest BCUT2D eigenvalue weighted by atomic mass is 9.60. The van der Waals surface area contributed by atoms with Gasteiger partial charge in [0.05, 0.1) is 0 Å². The molecule has 1 rings (SSSR count). The Kier molecular flexibility index (Phi) is 5.68. The van der Waals surface area contributed by atoms with E-state index < -0.39 is 5.60 Å². The van der Waals surface area contributed by atoms with Gasteiger partial charge in [-0.1, -0.05) is 20.8 Å². The van der Waals surface area contributed by atoms with Crippen LogP contribution in [0.1, 0.15) is 53.4 Å². The Morgan fingerprint density at radius 1 is 1.47 bits per heavy atom. The molecular formula is C15H26O4. The van der Waals surface area contributed by atoms with Crippen LogP contribution >= 0.6 is 0 Å². The van der Waals surface area contributed by atoms with Gasteiger partial charge in [-0.25, -0.2) is 4.89 Å². The molecule has 0 heterocycles. The first kappa shape index (κ1) is 16.3. The molecule has 4 nitrogen and oxygen atoms in total. The van der Waals surface area contributed by atoms with Crippen molar-refractivity contribution in [1.29, 1.82) is 0 Å². The third kappa shape index (κ3) is 3.23. The van der Waals surface area contributed by atoms with E-state index in [2.05, 4.69) is 6.92 Å². The summed E-state index contributed by atoms with van der Waals surface area (Å²) in [5.74, 6) is 0.538. The molecule has 0 radical (unpaired) electrons. The predicted molar refractivity (Wildman–Crippen MR) is 72.6 cm³/mol. The number of rotatable bonds is 6. The summed E-state index contributed by atoms with van der Waals surface area (Å²) in [7, 11) is 0. The van der Waals surface area contributed by atoms with Crippen molar-refractivity contribution in [3.05, 3.63) is 0 Å². The third-order valence-electron chi connectivity index (χ3n) is 4.73.